The Bertz CT molecular complexity index is 1470. The van der Waals surface area contributed by atoms with Crippen LogP contribution < -0.4 is 20.7 Å². The Hall–Kier alpha value is -4.87. The van der Waals surface area contributed by atoms with Gasteiger partial charge in [-0.3, -0.25) is 20.8 Å². The summed E-state index contributed by atoms with van der Waals surface area (Å²) in [4.78, 5) is 50.4. The van der Waals surface area contributed by atoms with Crippen LogP contribution >= 0.6 is 0 Å². The van der Waals surface area contributed by atoms with Crippen molar-refractivity contribution in [3.63, 3.8) is 0 Å². The highest BCUT2D eigenvalue weighted by atomic mass is 16.6. The van der Waals surface area contributed by atoms with E-state index < -0.39 is 35.3 Å². The average Bonchev–Trinajstić information content (AvgIpc) is 3.37. The molecule has 1 aliphatic rings. The number of nitrogens with one attached hydrogen (secondary N) is 4. The molecule has 4 N–H and O–H groups in total. The lowest BCUT2D eigenvalue weighted by Gasteiger charge is -2.40. The number of carbonyl (C=O) groups is 4. The zero-order valence-corrected chi connectivity index (χ0v) is 24.4. The summed E-state index contributed by atoms with van der Waals surface area (Å²) in [6.45, 7) is 5.11. The van der Waals surface area contributed by atoms with Crippen molar-refractivity contribution in [3.8, 4) is 5.95 Å². The molecular weight excluding hydrogens is 556 g/mol. The first-order valence-corrected chi connectivity index (χ1v) is 14.0. The Morgan fingerprint density at radius 2 is 1.72 bits per heavy atom. The Balaban J connectivity index is 1.49. The second-order valence-electron chi connectivity index (χ2n) is 11.3. The number of hydrogen-bond acceptors (Lipinski definition) is 9. The van der Waals surface area contributed by atoms with Crippen molar-refractivity contribution < 1.29 is 37.8 Å². The van der Waals surface area contributed by atoms with Crippen LogP contribution in [0.2, 0.25) is 0 Å². The Labute approximate surface area is 248 Å². The molecule has 3 aromatic rings. The van der Waals surface area contributed by atoms with E-state index in [0.717, 1.165) is 24.8 Å². The average molecular weight is 593 g/mol. The van der Waals surface area contributed by atoms with E-state index in [9.17, 15) is 19.2 Å². The number of hydrogen-bond donors (Lipinski definition) is 4. The number of amides is 3. The van der Waals surface area contributed by atoms with Crippen LogP contribution in [0.1, 0.15) is 64.0 Å². The fourth-order valence-corrected chi connectivity index (χ4v) is 4.96. The first kappa shape index (κ1) is 31.1. The second kappa shape index (κ2) is 13.4. The third kappa shape index (κ3) is 8.12. The van der Waals surface area contributed by atoms with Crippen molar-refractivity contribution in [2.75, 3.05) is 0 Å². The normalized spacial score (nSPS) is 15.0. The molecule has 2 aromatic carbocycles. The number of ether oxygens (including phenoxy) is 3. The van der Waals surface area contributed by atoms with Gasteiger partial charge in [0, 0.05) is 22.9 Å². The molecule has 1 saturated carbocycles. The van der Waals surface area contributed by atoms with Gasteiger partial charge in [-0.05, 0) is 57.4 Å². The minimum absolute atomic E-state index is 0.0551. The molecule has 3 amide bonds. The molecule has 1 aromatic heterocycles. The fraction of sp³-hybridized carbons (Fsp3) is 0.387. The van der Waals surface area contributed by atoms with Gasteiger partial charge in [0.15, 0.2) is 0 Å². The Morgan fingerprint density at radius 1 is 1.00 bits per heavy atom. The first-order chi connectivity index (χ1) is 20.5. The highest BCUT2D eigenvalue weighted by molar-refractivity contribution is 6.06. The molecular formula is C31H36N4O8. The van der Waals surface area contributed by atoms with E-state index in [0.29, 0.717) is 35.8 Å². The summed E-state index contributed by atoms with van der Waals surface area (Å²) in [6.07, 6.45) is 2.40. The summed E-state index contributed by atoms with van der Waals surface area (Å²) < 4.78 is 21.9. The number of rotatable bonds is 9. The van der Waals surface area contributed by atoms with Crippen LogP contribution in [0.25, 0.3) is 11.0 Å². The van der Waals surface area contributed by atoms with Gasteiger partial charge in [-0.1, -0.05) is 49.6 Å². The van der Waals surface area contributed by atoms with Crippen LogP contribution in [0.5, 0.6) is 5.95 Å². The minimum Gasteiger partial charge on any atom is -0.444 e. The molecule has 228 valence electrons. The van der Waals surface area contributed by atoms with Crippen LogP contribution in [0.4, 0.5) is 9.59 Å². The maximum absolute atomic E-state index is 13.7. The van der Waals surface area contributed by atoms with Gasteiger partial charge in [-0.2, -0.15) is 0 Å². The van der Waals surface area contributed by atoms with Crippen LogP contribution in [0, 0.1) is 11.3 Å². The Morgan fingerprint density at radius 3 is 2.40 bits per heavy atom. The summed E-state index contributed by atoms with van der Waals surface area (Å²) in [5.74, 6) is -1.77. The highest BCUT2D eigenvalue weighted by Crippen LogP contribution is 2.34. The standard InChI is InChI=1S/C31H36N4O8/c1-30(2,3)43-29(39)35-31(33-19-36,23-12-8-5-9-13-23)27(37)42-25-17-22-16-21(14-15-24(22)41-25)26(32)34-28(38)40-18-20-10-6-4-7-11-20/h4,6-7,10-11,14-17,19,23H,5,8-9,12-13,18H2,1-3H3,(H,33,36)(H,35,39)(H2,32,34,38). The number of fused-ring (bicyclic) bond motifs is 1. The molecule has 0 bridgehead atoms. The molecule has 1 unspecified atom stereocenters. The van der Waals surface area contributed by atoms with Crippen molar-refractivity contribution in [2.45, 2.75) is 70.7 Å². The maximum atomic E-state index is 13.7. The molecule has 4 rings (SSSR count). The summed E-state index contributed by atoms with van der Waals surface area (Å²) in [6, 6.07) is 15.3. The largest absolute Gasteiger partial charge is 0.444 e. The van der Waals surface area contributed by atoms with E-state index in [1.54, 1.807) is 39.0 Å². The third-order valence-electron chi connectivity index (χ3n) is 6.94. The number of benzene rings is 2. The van der Waals surface area contributed by atoms with E-state index >= 15 is 0 Å². The van der Waals surface area contributed by atoms with Crippen molar-refractivity contribution >= 4 is 41.4 Å². The molecule has 0 aliphatic heterocycles. The molecule has 1 heterocycles. The Kier molecular flexibility index (Phi) is 9.69. The second-order valence-corrected chi connectivity index (χ2v) is 11.3. The molecule has 43 heavy (non-hydrogen) atoms. The van der Waals surface area contributed by atoms with Gasteiger partial charge in [0.25, 0.3) is 5.95 Å². The molecule has 0 saturated heterocycles. The molecule has 12 heteroatoms. The first-order valence-electron chi connectivity index (χ1n) is 14.0. The SMILES string of the molecule is CC(C)(C)OC(=O)NC(NC=O)(C(=O)Oc1cc2cc(C(=N)NC(=O)OCc3ccccc3)ccc2o1)C1CCCCC1. The van der Waals surface area contributed by atoms with E-state index in [2.05, 4.69) is 16.0 Å². The number of alkyl carbamates (subject to hydrolysis) is 2. The van der Waals surface area contributed by atoms with Gasteiger partial charge in [-0.15, -0.1) is 0 Å². The van der Waals surface area contributed by atoms with E-state index in [-0.39, 0.29) is 18.4 Å². The zero-order valence-electron chi connectivity index (χ0n) is 24.4. The summed E-state index contributed by atoms with van der Waals surface area (Å²) in [5.41, 5.74) is -1.22. The summed E-state index contributed by atoms with van der Waals surface area (Å²) >= 11 is 0. The molecule has 1 atom stereocenters. The summed E-state index contributed by atoms with van der Waals surface area (Å²) in [7, 11) is 0. The van der Waals surface area contributed by atoms with Gasteiger partial charge in [0.1, 0.15) is 23.6 Å². The molecule has 0 radical (unpaired) electrons. The predicted molar refractivity (Wildman–Crippen MR) is 156 cm³/mol. The smallest absolute Gasteiger partial charge is 0.413 e. The van der Waals surface area contributed by atoms with Crippen LogP contribution in [0.3, 0.4) is 0 Å². The maximum Gasteiger partial charge on any atom is 0.413 e. The van der Waals surface area contributed by atoms with Gasteiger partial charge in [0.2, 0.25) is 12.1 Å². The van der Waals surface area contributed by atoms with E-state index in [1.807, 2.05) is 30.3 Å². The van der Waals surface area contributed by atoms with Crippen molar-refractivity contribution in [1.82, 2.24) is 16.0 Å². The molecule has 1 fully saturated rings. The zero-order chi connectivity index (χ0) is 31.0. The number of amidine groups is 1. The van der Waals surface area contributed by atoms with Gasteiger partial charge >= 0.3 is 18.2 Å². The van der Waals surface area contributed by atoms with E-state index in [4.69, 9.17) is 24.0 Å². The molecule has 1 aliphatic carbocycles. The van der Waals surface area contributed by atoms with Gasteiger partial charge in [0.05, 0.1) is 0 Å². The van der Waals surface area contributed by atoms with Crippen molar-refractivity contribution in [3.05, 3.63) is 65.7 Å². The van der Waals surface area contributed by atoms with Gasteiger partial charge in [-0.25, -0.2) is 14.4 Å². The van der Waals surface area contributed by atoms with Crippen LogP contribution in [-0.4, -0.2) is 41.7 Å². The fourth-order valence-electron chi connectivity index (χ4n) is 4.96. The molecule has 0 spiro atoms. The minimum atomic E-state index is -1.89. The lowest BCUT2D eigenvalue weighted by molar-refractivity contribution is -0.150. The molecule has 12 nitrogen and oxygen atoms in total. The number of esters is 1. The summed E-state index contributed by atoms with van der Waals surface area (Å²) in [5, 5.41) is 16.2. The van der Waals surface area contributed by atoms with Crippen molar-refractivity contribution in [1.29, 1.82) is 5.41 Å². The van der Waals surface area contributed by atoms with Crippen molar-refractivity contribution in [2.24, 2.45) is 5.92 Å². The predicted octanol–water partition coefficient (Wildman–Crippen LogP) is 5.14. The topological polar surface area (TPSA) is 169 Å². The number of furan rings is 1. The third-order valence-corrected chi connectivity index (χ3v) is 6.94. The van der Waals surface area contributed by atoms with Crippen LogP contribution in [-0.2, 0) is 25.7 Å². The highest BCUT2D eigenvalue weighted by Gasteiger charge is 2.50. The van der Waals surface area contributed by atoms with Crippen LogP contribution in [0.15, 0.2) is 59.0 Å². The van der Waals surface area contributed by atoms with E-state index in [1.165, 1.54) is 6.07 Å². The number of carbonyl (C=O) groups excluding carboxylic acids is 4. The quantitative estimate of drug-likeness (QED) is 0.0871. The van der Waals surface area contributed by atoms with Gasteiger partial charge < -0.3 is 23.9 Å². The lowest BCUT2D eigenvalue weighted by Crippen LogP contribution is -2.69. The monoisotopic (exact) mass is 592 g/mol. The lowest BCUT2D eigenvalue weighted by atomic mass is 9.79.